The fourth-order valence-corrected chi connectivity index (χ4v) is 3.39. The zero-order chi connectivity index (χ0) is 22.7. The van der Waals surface area contributed by atoms with E-state index in [1.165, 1.54) is 31.0 Å². The number of urea groups is 1. The summed E-state index contributed by atoms with van der Waals surface area (Å²) in [6.45, 7) is 0.398. The van der Waals surface area contributed by atoms with Gasteiger partial charge in [-0.1, -0.05) is 0 Å². The molecule has 3 aromatic rings. The maximum absolute atomic E-state index is 13.3. The molecule has 168 valence electrons. The van der Waals surface area contributed by atoms with Gasteiger partial charge in [0, 0.05) is 29.9 Å². The van der Waals surface area contributed by atoms with Crippen molar-refractivity contribution in [2.75, 3.05) is 26.1 Å². The van der Waals surface area contributed by atoms with Crippen molar-refractivity contribution in [1.29, 1.82) is 0 Å². The number of anilines is 1. The fraction of sp³-hybridized carbons (Fsp3) is 0.318. The predicted molar refractivity (Wildman–Crippen MR) is 117 cm³/mol. The number of ether oxygens (including phenoxy) is 2. The molecule has 0 saturated heterocycles. The van der Waals surface area contributed by atoms with Crippen LogP contribution in [-0.2, 0) is 6.54 Å². The van der Waals surface area contributed by atoms with Crippen LogP contribution in [0.2, 0.25) is 0 Å². The highest BCUT2D eigenvalue weighted by Crippen LogP contribution is 2.36. The summed E-state index contributed by atoms with van der Waals surface area (Å²) in [6, 6.07) is 10.6. The first-order valence-corrected chi connectivity index (χ1v) is 10.2. The Morgan fingerprint density at radius 2 is 1.84 bits per heavy atom. The van der Waals surface area contributed by atoms with E-state index in [-0.39, 0.29) is 30.6 Å². The Bertz CT molecular complexity index is 1170. The van der Waals surface area contributed by atoms with Crippen molar-refractivity contribution in [3.63, 3.8) is 0 Å². The number of nitrogens with zero attached hydrogens (tertiary/aromatic N) is 3. The SMILES string of the molecule is COc1ccc(NC(=O)NCCn2nc(-c3ccc(F)cc3)n(C3CC3)c2=O)cc1OC. The molecule has 4 rings (SSSR count). The smallest absolute Gasteiger partial charge is 0.346 e. The minimum atomic E-state index is -0.425. The van der Waals surface area contributed by atoms with E-state index in [1.54, 1.807) is 34.9 Å². The molecule has 10 heteroatoms. The highest BCUT2D eigenvalue weighted by Gasteiger charge is 2.30. The second-order valence-corrected chi connectivity index (χ2v) is 7.39. The van der Waals surface area contributed by atoms with Crippen LogP contribution in [0.3, 0.4) is 0 Å². The first-order chi connectivity index (χ1) is 15.5. The van der Waals surface area contributed by atoms with Gasteiger partial charge in [-0.05, 0) is 49.2 Å². The number of carbonyl (C=O) groups excluding carboxylic acids is 1. The van der Waals surface area contributed by atoms with Gasteiger partial charge in [-0.25, -0.2) is 18.7 Å². The van der Waals surface area contributed by atoms with Gasteiger partial charge in [-0.15, -0.1) is 5.10 Å². The molecule has 1 fully saturated rings. The minimum absolute atomic E-state index is 0.109. The molecular formula is C22H24FN5O4. The van der Waals surface area contributed by atoms with E-state index in [1.807, 2.05) is 0 Å². The summed E-state index contributed by atoms with van der Waals surface area (Å²) in [5.74, 6) is 1.21. The molecule has 1 aliphatic rings. The third-order valence-corrected chi connectivity index (χ3v) is 5.14. The number of aromatic nitrogens is 3. The van der Waals surface area contributed by atoms with Gasteiger partial charge in [0.25, 0.3) is 0 Å². The van der Waals surface area contributed by atoms with Crippen molar-refractivity contribution in [2.45, 2.75) is 25.4 Å². The molecule has 2 N–H and O–H groups in total. The Balaban J connectivity index is 1.41. The van der Waals surface area contributed by atoms with Gasteiger partial charge in [0.1, 0.15) is 5.82 Å². The molecule has 0 atom stereocenters. The Hall–Kier alpha value is -3.82. The lowest BCUT2D eigenvalue weighted by atomic mass is 10.2. The second-order valence-electron chi connectivity index (χ2n) is 7.39. The zero-order valence-electron chi connectivity index (χ0n) is 17.8. The Morgan fingerprint density at radius 3 is 2.50 bits per heavy atom. The van der Waals surface area contributed by atoms with Crippen molar-refractivity contribution in [3.05, 3.63) is 58.8 Å². The topological polar surface area (TPSA) is 99.4 Å². The van der Waals surface area contributed by atoms with Crippen LogP contribution >= 0.6 is 0 Å². The lowest BCUT2D eigenvalue weighted by Gasteiger charge is -2.11. The Morgan fingerprint density at radius 1 is 1.12 bits per heavy atom. The van der Waals surface area contributed by atoms with E-state index in [0.29, 0.717) is 28.6 Å². The summed E-state index contributed by atoms with van der Waals surface area (Å²) in [5, 5.41) is 9.86. The zero-order valence-corrected chi connectivity index (χ0v) is 17.8. The number of benzene rings is 2. The standard InChI is InChI=1S/C22H24FN5O4/c1-31-18-10-7-16(13-19(18)32-2)25-21(29)24-11-12-27-22(30)28(17-8-9-17)20(26-27)14-3-5-15(23)6-4-14/h3-7,10,13,17H,8-9,11-12H2,1-2H3,(H2,24,25,29). The Kier molecular flexibility index (Phi) is 6.11. The first-order valence-electron chi connectivity index (χ1n) is 10.2. The normalized spacial score (nSPS) is 13.0. The van der Waals surface area contributed by atoms with Gasteiger partial charge in [0.05, 0.1) is 20.8 Å². The molecule has 1 saturated carbocycles. The van der Waals surface area contributed by atoms with Crippen molar-refractivity contribution in [3.8, 4) is 22.9 Å². The molecular weight excluding hydrogens is 417 g/mol. The molecule has 9 nitrogen and oxygen atoms in total. The summed E-state index contributed by atoms with van der Waals surface area (Å²) in [4.78, 5) is 25.1. The molecule has 0 radical (unpaired) electrons. The first kappa shape index (κ1) is 21.4. The van der Waals surface area contributed by atoms with Crippen LogP contribution in [0, 0.1) is 5.82 Å². The van der Waals surface area contributed by atoms with E-state index in [4.69, 9.17) is 9.47 Å². The molecule has 2 aromatic carbocycles. The monoisotopic (exact) mass is 441 g/mol. The summed E-state index contributed by atoms with van der Waals surface area (Å²) < 4.78 is 26.7. The highest BCUT2D eigenvalue weighted by molar-refractivity contribution is 5.89. The van der Waals surface area contributed by atoms with Crippen LogP contribution in [0.15, 0.2) is 47.3 Å². The van der Waals surface area contributed by atoms with Crippen molar-refractivity contribution in [2.24, 2.45) is 0 Å². The molecule has 1 heterocycles. The van der Waals surface area contributed by atoms with E-state index >= 15 is 0 Å². The molecule has 1 aromatic heterocycles. The van der Waals surface area contributed by atoms with Crippen LogP contribution in [0.25, 0.3) is 11.4 Å². The van der Waals surface area contributed by atoms with Crippen LogP contribution in [0.4, 0.5) is 14.9 Å². The van der Waals surface area contributed by atoms with Gasteiger partial charge in [0.15, 0.2) is 17.3 Å². The molecule has 1 aliphatic carbocycles. The number of hydrogen-bond donors (Lipinski definition) is 2. The number of methoxy groups -OCH3 is 2. The van der Waals surface area contributed by atoms with Crippen molar-refractivity contribution >= 4 is 11.7 Å². The number of amides is 2. The molecule has 0 bridgehead atoms. The van der Waals surface area contributed by atoms with Crippen LogP contribution in [0.1, 0.15) is 18.9 Å². The van der Waals surface area contributed by atoms with E-state index in [9.17, 15) is 14.0 Å². The number of rotatable bonds is 8. The average Bonchev–Trinajstić information content (AvgIpc) is 3.58. The number of carbonyl (C=O) groups is 1. The van der Waals surface area contributed by atoms with Gasteiger partial charge in [0.2, 0.25) is 0 Å². The lowest BCUT2D eigenvalue weighted by molar-refractivity contribution is 0.251. The van der Waals surface area contributed by atoms with Gasteiger partial charge in [-0.2, -0.15) is 0 Å². The van der Waals surface area contributed by atoms with Crippen molar-refractivity contribution in [1.82, 2.24) is 19.7 Å². The number of nitrogens with one attached hydrogen (secondary N) is 2. The minimum Gasteiger partial charge on any atom is -0.493 e. The molecule has 0 spiro atoms. The summed E-state index contributed by atoms with van der Waals surface area (Å²) in [5.41, 5.74) is 0.969. The third-order valence-electron chi connectivity index (χ3n) is 5.14. The van der Waals surface area contributed by atoms with Crippen LogP contribution in [-0.4, -0.2) is 41.1 Å². The summed E-state index contributed by atoms with van der Waals surface area (Å²) in [6.07, 6.45) is 1.82. The number of halogens is 1. The van der Waals surface area contributed by atoms with Crippen molar-refractivity contribution < 1.29 is 18.7 Å². The molecule has 2 amide bonds. The number of hydrogen-bond acceptors (Lipinski definition) is 5. The van der Waals surface area contributed by atoms with Gasteiger partial charge < -0.3 is 20.1 Å². The molecule has 0 aliphatic heterocycles. The predicted octanol–water partition coefficient (Wildman–Crippen LogP) is 3.02. The summed E-state index contributed by atoms with van der Waals surface area (Å²) >= 11 is 0. The lowest BCUT2D eigenvalue weighted by Crippen LogP contribution is -2.34. The van der Waals surface area contributed by atoms with E-state index in [0.717, 1.165) is 12.8 Å². The fourth-order valence-electron chi connectivity index (χ4n) is 3.39. The Labute approximate surface area is 183 Å². The molecule has 0 unspecified atom stereocenters. The highest BCUT2D eigenvalue weighted by atomic mass is 19.1. The molecule has 32 heavy (non-hydrogen) atoms. The second kappa shape index (κ2) is 9.13. The van der Waals surface area contributed by atoms with Gasteiger partial charge >= 0.3 is 11.7 Å². The van der Waals surface area contributed by atoms with Crippen LogP contribution in [0.5, 0.6) is 11.5 Å². The van der Waals surface area contributed by atoms with E-state index in [2.05, 4.69) is 15.7 Å². The maximum Gasteiger partial charge on any atom is 0.346 e. The van der Waals surface area contributed by atoms with Gasteiger partial charge in [-0.3, -0.25) is 4.57 Å². The largest absolute Gasteiger partial charge is 0.493 e. The third kappa shape index (κ3) is 4.58. The van der Waals surface area contributed by atoms with Crippen LogP contribution < -0.4 is 25.8 Å². The average molecular weight is 441 g/mol. The van der Waals surface area contributed by atoms with E-state index < -0.39 is 6.03 Å². The quantitative estimate of drug-likeness (QED) is 0.560. The summed E-state index contributed by atoms with van der Waals surface area (Å²) in [7, 11) is 3.05. The maximum atomic E-state index is 13.3.